The molecule has 1 fully saturated rings. The highest BCUT2D eigenvalue weighted by Crippen LogP contribution is 2.26. The second-order valence-electron chi connectivity index (χ2n) is 4.79. The van der Waals surface area contributed by atoms with E-state index >= 15 is 0 Å². The molecule has 1 aliphatic heterocycles. The molecule has 0 amide bonds. The summed E-state index contributed by atoms with van der Waals surface area (Å²) >= 11 is 1.43. The molecule has 2 rings (SSSR count). The predicted octanol–water partition coefficient (Wildman–Crippen LogP) is 1.96. The zero-order valence-corrected chi connectivity index (χ0v) is 12.2. The molecule has 6 heteroatoms. The van der Waals surface area contributed by atoms with E-state index in [1.165, 1.54) is 11.3 Å². The van der Waals surface area contributed by atoms with Crippen LogP contribution in [0.1, 0.15) is 28.2 Å². The van der Waals surface area contributed by atoms with Crippen molar-refractivity contribution in [1.82, 2.24) is 4.98 Å². The third-order valence-electron chi connectivity index (χ3n) is 3.30. The minimum Gasteiger partial charge on any atom is -0.381 e. The van der Waals surface area contributed by atoms with Crippen molar-refractivity contribution in [1.29, 1.82) is 0 Å². The van der Waals surface area contributed by atoms with E-state index in [0.29, 0.717) is 17.4 Å². The predicted molar refractivity (Wildman–Crippen MR) is 75.0 cm³/mol. The molecule has 0 aliphatic carbocycles. The van der Waals surface area contributed by atoms with Crippen molar-refractivity contribution in [3.8, 4) is 0 Å². The van der Waals surface area contributed by atoms with E-state index < -0.39 is 0 Å². The lowest BCUT2D eigenvalue weighted by Gasteiger charge is -2.26. The summed E-state index contributed by atoms with van der Waals surface area (Å²) in [7, 11) is 3.64. The van der Waals surface area contributed by atoms with Crippen LogP contribution in [0.4, 0.5) is 5.13 Å². The Kier molecular flexibility index (Phi) is 5.30. The number of methoxy groups -OCH3 is 1. The summed E-state index contributed by atoms with van der Waals surface area (Å²) in [5, 5.41) is 0.889. The molecule has 0 bridgehead atoms. The number of anilines is 1. The van der Waals surface area contributed by atoms with Crippen LogP contribution in [0.15, 0.2) is 0 Å². The highest BCUT2D eigenvalue weighted by molar-refractivity contribution is 7.17. The van der Waals surface area contributed by atoms with Crippen molar-refractivity contribution < 1.29 is 14.3 Å². The minimum absolute atomic E-state index is 0.385. The monoisotopic (exact) mass is 284 g/mol. The summed E-state index contributed by atoms with van der Waals surface area (Å²) in [5.74, 6) is 0.646. The Balaban J connectivity index is 2.01. The maximum absolute atomic E-state index is 11.0. The zero-order chi connectivity index (χ0) is 13.7. The minimum atomic E-state index is 0.385. The van der Waals surface area contributed by atoms with Gasteiger partial charge in [-0.15, -0.1) is 0 Å². The number of rotatable bonds is 6. The van der Waals surface area contributed by atoms with Crippen LogP contribution in [0.25, 0.3) is 0 Å². The van der Waals surface area contributed by atoms with Crippen molar-refractivity contribution in [2.24, 2.45) is 5.92 Å². The number of carbonyl (C=O) groups excluding carboxylic acids is 1. The lowest BCUT2D eigenvalue weighted by atomic mass is 10.0. The van der Waals surface area contributed by atoms with Gasteiger partial charge in [0.2, 0.25) is 0 Å². The molecule has 0 spiro atoms. The molecule has 0 N–H and O–H groups in total. The fourth-order valence-electron chi connectivity index (χ4n) is 2.24. The number of hydrogen-bond donors (Lipinski definition) is 0. The molecular weight excluding hydrogens is 264 g/mol. The van der Waals surface area contributed by atoms with Crippen molar-refractivity contribution in [2.75, 3.05) is 38.8 Å². The van der Waals surface area contributed by atoms with E-state index in [2.05, 4.69) is 9.88 Å². The summed E-state index contributed by atoms with van der Waals surface area (Å²) in [5.41, 5.74) is 0.733. The summed E-state index contributed by atoms with van der Waals surface area (Å²) < 4.78 is 10.4. The van der Waals surface area contributed by atoms with Gasteiger partial charge in [0.25, 0.3) is 0 Å². The third-order valence-corrected chi connectivity index (χ3v) is 4.44. The van der Waals surface area contributed by atoms with Gasteiger partial charge in [-0.1, -0.05) is 11.3 Å². The first-order valence-electron chi connectivity index (χ1n) is 6.47. The fourth-order valence-corrected chi connectivity index (χ4v) is 3.09. The molecule has 19 heavy (non-hydrogen) atoms. The second kappa shape index (κ2) is 6.98. The van der Waals surface area contributed by atoms with E-state index in [1.807, 2.05) is 7.05 Å². The summed E-state index contributed by atoms with van der Waals surface area (Å²) in [4.78, 5) is 18.3. The van der Waals surface area contributed by atoms with Crippen molar-refractivity contribution in [2.45, 2.75) is 19.4 Å². The van der Waals surface area contributed by atoms with E-state index in [9.17, 15) is 4.79 Å². The number of hydrogen-bond acceptors (Lipinski definition) is 6. The van der Waals surface area contributed by atoms with Gasteiger partial charge in [0.05, 0.1) is 17.2 Å². The number of aldehydes is 1. The zero-order valence-electron chi connectivity index (χ0n) is 11.4. The Labute approximate surface area is 117 Å². The number of thiazole rings is 1. The molecular formula is C13H20N2O3S. The molecule has 106 valence electrons. The van der Waals surface area contributed by atoms with Gasteiger partial charge in [0, 0.05) is 33.9 Å². The maximum atomic E-state index is 11.0. The SMILES string of the molecule is COCc1nc(N(C)CC2CCOCC2)sc1C=O. The number of carbonyl (C=O) groups is 1. The molecule has 1 saturated heterocycles. The Hall–Kier alpha value is -0.980. The van der Waals surface area contributed by atoms with Crippen LogP contribution in [0, 0.1) is 5.92 Å². The van der Waals surface area contributed by atoms with Gasteiger partial charge in [0.1, 0.15) is 0 Å². The van der Waals surface area contributed by atoms with E-state index in [4.69, 9.17) is 9.47 Å². The molecule has 2 heterocycles. The smallest absolute Gasteiger partial charge is 0.186 e. The molecule has 1 aromatic heterocycles. The first-order valence-corrected chi connectivity index (χ1v) is 7.29. The average molecular weight is 284 g/mol. The Morgan fingerprint density at radius 2 is 2.26 bits per heavy atom. The van der Waals surface area contributed by atoms with Crippen LogP contribution in [-0.2, 0) is 16.1 Å². The Morgan fingerprint density at radius 3 is 2.89 bits per heavy atom. The highest BCUT2D eigenvalue weighted by Gasteiger charge is 2.19. The molecule has 0 radical (unpaired) electrons. The van der Waals surface area contributed by atoms with Gasteiger partial charge in [-0.25, -0.2) is 4.98 Å². The second-order valence-corrected chi connectivity index (χ2v) is 5.80. The van der Waals surface area contributed by atoms with Gasteiger partial charge in [-0.2, -0.15) is 0 Å². The van der Waals surface area contributed by atoms with E-state index in [1.54, 1.807) is 7.11 Å². The van der Waals surface area contributed by atoms with Gasteiger partial charge < -0.3 is 14.4 Å². The molecule has 0 aromatic carbocycles. The van der Waals surface area contributed by atoms with Gasteiger partial charge in [0.15, 0.2) is 11.4 Å². The lowest BCUT2D eigenvalue weighted by Crippen LogP contribution is -2.29. The third kappa shape index (κ3) is 3.75. The summed E-state index contributed by atoms with van der Waals surface area (Å²) in [6.07, 6.45) is 3.06. The van der Waals surface area contributed by atoms with Crippen LogP contribution in [0.5, 0.6) is 0 Å². The molecule has 0 saturated carbocycles. The van der Waals surface area contributed by atoms with Crippen LogP contribution in [0.3, 0.4) is 0 Å². The number of aromatic nitrogens is 1. The van der Waals surface area contributed by atoms with Crippen LogP contribution >= 0.6 is 11.3 Å². The first-order chi connectivity index (χ1) is 9.24. The van der Waals surface area contributed by atoms with Crippen LogP contribution < -0.4 is 4.90 Å². The molecule has 5 nitrogen and oxygen atoms in total. The first kappa shape index (κ1) is 14.4. The summed E-state index contributed by atoms with van der Waals surface area (Å²) in [6, 6.07) is 0. The fraction of sp³-hybridized carbons (Fsp3) is 0.692. The van der Waals surface area contributed by atoms with E-state index in [-0.39, 0.29) is 0 Å². The molecule has 0 unspecified atom stereocenters. The quantitative estimate of drug-likeness (QED) is 0.748. The van der Waals surface area contributed by atoms with Crippen LogP contribution in [-0.4, -0.2) is 45.2 Å². The van der Waals surface area contributed by atoms with Crippen molar-refractivity contribution >= 4 is 22.8 Å². The Bertz CT molecular complexity index is 416. The van der Waals surface area contributed by atoms with Crippen LogP contribution in [0.2, 0.25) is 0 Å². The molecule has 0 atom stereocenters. The topological polar surface area (TPSA) is 51.7 Å². The maximum Gasteiger partial charge on any atom is 0.186 e. The standard InChI is InChI=1S/C13H20N2O3S/c1-15(7-10-3-5-18-6-4-10)13-14-11(9-17-2)12(8-16)19-13/h8,10H,3-7,9H2,1-2H3. The Morgan fingerprint density at radius 1 is 1.53 bits per heavy atom. The highest BCUT2D eigenvalue weighted by atomic mass is 32.1. The average Bonchev–Trinajstić information content (AvgIpc) is 2.83. The van der Waals surface area contributed by atoms with E-state index in [0.717, 1.165) is 49.7 Å². The number of nitrogens with zero attached hydrogens (tertiary/aromatic N) is 2. The number of ether oxygens (including phenoxy) is 2. The van der Waals surface area contributed by atoms with Crippen molar-refractivity contribution in [3.05, 3.63) is 10.6 Å². The lowest BCUT2D eigenvalue weighted by molar-refractivity contribution is 0.0685. The normalized spacial score (nSPS) is 16.5. The van der Waals surface area contributed by atoms with Crippen molar-refractivity contribution in [3.63, 3.8) is 0 Å². The molecule has 1 aliphatic rings. The summed E-state index contributed by atoms with van der Waals surface area (Å²) in [6.45, 7) is 3.05. The van der Waals surface area contributed by atoms with Gasteiger partial charge >= 0.3 is 0 Å². The molecule has 1 aromatic rings. The van der Waals surface area contributed by atoms with Gasteiger partial charge in [-0.3, -0.25) is 4.79 Å². The largest absolute Gasteiger partial charge is 0.381 e. The van der Waals surface area contributed by atoms with Gasteiger partial charge in [-0.05, 0) is 18.8 Å².